The minimum Gasteiger partial charge on any atom is -0.469 e. The molecule has 1 aromatic heterocycles. The van der Waals surface area contributed by atoms with E-state index in [0.29, 0.717) is 5.69 Å². The molecule has 0 N–H and O–H groups in total. The van der Waals surface area contributed by atoms with Crippen molar-refractivity contribution in [3.63, 3.8) is 0 Å². The number of hydrogen-bond acceptors (Lipinski definition) is 8. The van der Waals surface area contributed by atoms with Crippen LogP contribution in [0.1, 0.15) is 16.2 Å². The first-order valence-electron chi connectivity index (χ1n) is 6.32. The predicted octanol–water partition coefficient (Wildman–Crippen LogP) is 0.678. The number of carbonyl (C=O) groups excluding carboxylic acids is 2. The number of nitro benzene ring substituents is 1. The van der Waals surface area contributed by atoms with Crippen LogP contribution in [0.4, 0.5) is 5.69 Å². The molecule has 0 bridgehead atoms. The first kappa shape index (κ1) is 16.1. The standard InChI is InChI=1S/C13H12N4O6/c1-22-11(18)7-10-12(13(19)23-2)14-15-16(10)8-3-5-9(6-4-8)17(20)21/h3-6H,7H2,1-2H3. The Labute approximate surface area is 129 Å². The lowest BCUT2D eigenvalue weighted by Crippen LogP contribution is -2.14. The Kier molecular flexibility index (Phi) is 4.64. The van der Waals surface area contributed by atoms with Crippen LogP contribution in [0.3, 0.4) is 0 Å². The summed E-state index contributed by atoms with van der Waals surface area (Å²) in [5.74, 6) is -1.35. The Morgan fingerprint density at radius 1 is 1.22 bits per heavy atom. The molecule has 120 valence electrons. The molecule has 0 spiro atoms. The molecule has 0 unspecified atom stereocenters. The fourth-order valence-electron chi connectivity index (χ4n) is 1.85. The number of nitrogens with zero attached hydrogens (tertiary/aromatic N) is 4. The van der Waals surface area contributed by atoms with Gasteiger partial charge >= 0.3 is 11.9 Å². The third-order valence-electron chi connectivity index (χ3n) is 2.99. The summed E-state index contributed by atoms with van der Waals surface area (Å²) in [6, 6.07) is 5.40. The maximum atomic E-state index is 11.7. The number of benzene rings is 1. The molecule has 1 aromatic carbocycles. The lowest BCUT2D eigenvalue weighted by molar-refractivity contribution is -0.384. The molecular formula is C13H12N4O6. The van der Waals surface area contributed by atoms with E-state index in [1.807, 2.05) is 0 Å². The lowest BCUT2D eigenvalue weighted by Gasteiger charge is -2.06. The van der Waals surface area contributed by atoms with Crippen molar-refractivity contribution in [2.45, 2.75) is 6.42 Å². The summed E-state index contributed by atoms with van der Waals surface area (Å²) < 4.78 is 10.4. The van der Waals surface area contributed by atoms with Crippen molar-refractivity contribution in [2.24, 2.45) is 0 Å². The Morgan fingerprint density at radius 2 is 1.87 bits per heavy atom. The monoisotopic (exact) mass is 320 g/mol. The van der Waals surface area contributed by atoms with Gasteiger partial charge in [-0.1, -0.05) is 5.21 Å². The summed E-state index contributed by atoms with van der Waals surface area (Å²) in [4.78, 5) is 33.4. The summed E-state index contributed by atoms with van der Waals surface area (Å²) in [5, 5.41) is 18.2. The number of hydrogen-bond donors (Lipinski definition) is 0. The van der Waals surface area contributed by atoms with Crippen molar-refractivity contribution in [3.8, 4) is 5.69 Å². The first-order chi connectivity index (χ1) is 11.0. The maximum absolute atomic E-state index is 11.7. The Balaban J connectivity index is 2.48. The number of ether oxygens (including phenoxy) is 2. The van der Waals surface area contributed by atoms with Crippen molar-refractivity contribution in [3.05, 3.63) is 45.8 Å². The zero-order valence-electron chi connectivity index (χ0n) is 12.3. The van der Waals surface area contributed by atoms with Crippen molar-refractivity contribution in [1.82, 2.24) is 15.0 Å². The van der Waals surface area contributed by atoms with Gasteiger partial charge in [0.2, 0.25) is 0 Å². The number of rotatable bonds is 5. The fraction of sp³-hybridized carbons (Fsp3) is 0.231. The van der Waals surface area contributed by atoms with Gasteiger partial charge in [0, 0.05) is 12.1 Å². The van der Waals surface area contributed by atoms with Crippen molar-refractivity contribution in [2.75, 3.05) is 14.2 Å². The van der Waals surface area contributed by atoms with Gasteiger partial charge in [0.05, 0.1) is 36.9 Å². The molecule has 2 aromatic rings. The SMILES string of the molecule is COC(=O)Cc1c(C(=O)OC)nnn1-c1ccc([N+](=O)[O-])cc1. The molecule has 0 fully saturated rings. The summed E-state index contributed by atoms with van der Waals surface area (Å²) in [5.41, 5.74) is 0.336. The molecule has 0 aliphatic rings. The number of methoxy groups -OCH3 is 2. The normalized spacial score (nSPS) is 10.2. The second-order valence-corrected chi connectivity index (χ2v) is 4.31. The highest BCUT2D eigenvalue weighted by Crippen LogP contribution is 2.18. The Bertz CT molecular complexity index is 752. The van der Waals surface area contributed by atoms with E-state index in [-0.39, 0.29) is 23.5 Å². The second kappa shape index (κ2) is 6.64. The Hall–Kier alpha value is -3.30. The topological polar surface area (TPSA) is 126 Å². The van der Waals surface area contributed by atoms with Crippen LogP contribution in [0, 0.1) is 10.1 Å². The number of nitro groups is 1. The van der Waals surface area contributed by atoms with E-state index in [1.165, 1.54) is 43.2 Å². The molecule has 0 aliphatic heterocycles. The smallest absolute Gasteiger partial charge is 0.360 e. The van der Waals surface area contributed by atoms with Gasteiger partial charge in [-0.05, 0) is 12.1 Å². The van der Waals surface area contributed by atoms with Crippen LogP contribution in [0.15, 0.2) is 24.3 Å². The molecule has 2 rings (SSSR count). The molecule has 0 atom stereocenters. The van der Waals surface area contributed by atoms with Gasteiger partial charge in [0.1, 0.15) is 0 Å². The summed E-state index contributed by atoms with van der Waals surface area (Å²) in [6.45, 7) is 0. The van der Waals surface area contributed by atoms with Gasteiger partial charge < -0.3 is 9.47 Å². The highest BCUT2D eigenvalue weighted by molar-refractivity contribution is 5.90. The van der Waals surface area contributed by atoms with Crippen LogP contribution in [-0.4, -0.2) is 46.1 Å². The highest BCUT2D eigenvalue weighted by atomic mass is 16.6. The third-order valence-corrected chi connectivity index (χ3v) is 2.99. The van der Waals surface area contributed by atoms with E-state index in [9.17, 15) is 19.7 Å². The molecule has 0 saturated heterocycles. The van der Waals surface area contributed by atoms with Crippen molar-refractivity contribution >= 4 is 17.6 Å². The minimum absolute atomic E-state index is 0.100. The van der Waals surface area contributed by atoms with E-state index < -0.39 is 16.9 Å². The minimum atomic E-state index is -0.753. The molecule has 10 nitrogen and oxygen atoms in total. The van der Waals surface area contributed by atoms with Crippen molar-refractivity contribution in [1.29, 1.82) is 0 Å². The molecule has 0 saturated carbocycles. The van der Waals surface area contributed by atoms with Gasteiger partial charge in [0.15, 0.2) is 5.69 Å². The van der Waals surface area contributed by atoms with E-state index >= 15 is 0 Å². The molecule has 1 heterocycles. The molecular weight excluding hydrogens is 308 g/mol. The van der Waals surface area contributed by atoms with E-state index in [4.69, 9.17) is 0 Å². The third kappa shape index (κ3) is 3.31. The van der Waals surface area contributed by atoms with Crippen LogP contribution >= 0.6 is 0 Å². The highest BCUT2D eigenvalue weighted by Gasteiger charge is 2.24. The average molecular weight is 320 g/mol. The number of carbonyl (C=O) groups is 2. The van der Waals surface area contributed by atoms with E-state index in [2.05, 4.69) is 19.8 Å². The van der Waals surface area contributed by atoms with E-state index in [1.54, 1.807) is 0 Å². The summed E-state index contributed by atoms with van der Waals surface area (Å²) in [6.07, 6.45) is -0.259. The van der Waals surface area contributed by atoms with Crippen LogP contribution in [-0.2, 0) is 20.7 Å². The zero-order valence-corrected chi connectivity index (χ0v) is 12.3. The zero-order chi connectivity index (χ0) is 17.0. The van der Waals surface area contributed by atoms with Crippen LogP contribution < -0.4 is 0 Å². The largest absolute Gasteiger partial charge is 0.469 e. The Morgan fingerprint density at radius 3 is 2.39 bits per heavy atom. The van der Waals surface area contributed by atoms with E-state index in [0.717, 1.165) is 0 Å². The van der Waals surface area contributed by atoms with Gasteiger partial charge in [-0.2, -0.15) is 0 Å². The predicted molar refractivity (Wildman–Crippen MR) is 75.1 cm³/mol. The molecule has 0 aliphatic carbocycles. The van der Waals surface area contributed by atoms with Crippen molar-refractivity contribution < 1.29 is 24.0 Å². The fourth-order valence-corrected chi connectivity index (χ4v) is 1.85. The number of non-ortho nitro benzene ring substituents is 1. The van der Waals surface area contributed by atoms with Crippen LogP contribution in [0.25, 0.3) is 5.69 Å². The van der Waals surface area contributed by atoms with Gasteiger partial charge in [0.25, 0.3) is 5.69 Å². The first-order valence-corrected chi connectivity index (χ1v) is 6.32. The quantitative estimate of drug-likeness (QED) is 0.447. The molecule has 0 amide bonds. The van der Waals surface area contributed by atoms with Crippen LogP contribution in [0.5, 0.6) is 0 Å². The molecule has 10 heteroatoms. The molecule has 23 heavy (non-hydrogen) atoms. The summed E-state index contributed by atoms with van der Waals surface area (Å²) in [7, 11) is 2.38. The average Bonchev–Trinajstić information content (AvgIpc) is 2.97. The summed E-state index contributed by atoms with van der Waals surface area (Å²) >= 11 is 0. The number of aromatic nitrogens is 3. The van der Waals surface area contributed by atoms with Gasteiger partial charge in [-0.15, -0.1) is 5.10 Å². The van der Waals surface area contributed by atoms with Crippen LogP contribution in [0.2, 0.25) is 0 Å². The second-order valence-electron chi connectivity index (χ2n) is 4.31. The maximum Gasteiger partial charge on any atom is 0.360 e. The number of esters is 2. The van der Waals surface area contributed by atoms with Gasteiger partial charge in [-0.3, -0.25) is 14.9 Å². The molecule has 0 radical (unpaired) electrons. The van der Waals surface area contributed by atoms with Gasteiger partial charge in [-0.25, -0.2) is 9.48 Å². The lowest BCUT2D eigenvalue weighted by atomic mass is 10.2.